The number of esters is 2. The molecule has 7 heteroatoms. The van der Waals surface area contributed by atoms with E-state index in [1.807, 2.05) is 13.8 Å². The Morgan fingerprint density at radius 3 is 1.95 bits per heavy atom. The van der Waals surface area contributed by atoms with E-state index in [1.54, 1.807) is 20.8 Å². The normalized spacial score (nSPS) is 18.6. The number of unbranched alkanes of at least 4 members (excludes halogenated alkanes) is 11. The summed E-state index contributed by atoms with van der Waals surface area (Å²) in [6.45, 7) is 13.8. The molecule has 7 nitrogen and oxygen atoms in total. The number of nitrogens with one attached hydrogen (secondary N) is 1. The highest BCUT2D eigenvalue weighted by Gasteiger charge is 2.43. The van der Waals surface area contributed by atoms with Crippen molar-refractivity contribution < 1.29 is 28.6 Å². The molecule has 1 aliphatic heterocycles. The Morgan fingerprint density at radius 2 is 1.43 bits per heavy atom. The van der Waals surface area contributed by atoms with E-state index in [4.69, 9.17) is 14.2 Å². The first-order valence-corrected chi connectivity index (χ1v) is 16.4. The number of hydrogen-bond donors (Lipinski definition) is 1. The first-order valence-electron chi connectivity index (χ1n) is 16.4. The van der Waals surface area contributed by atoms with Gasteiger partial charge < -0.3 is 19.5 Å². The fourth-order valence-electron chi connectivity index (χ4n) is 5.25. The molecule has 0 aliphatic carbocycles. The smallest absolute Gasteiger partial charge is 0.408 e. The minimum Gasteiger partial charge on any atom is -0.461 e. The first kappa shape index (κ1) is 36.2. The lowest BCUT2D eigenvalue weighted by Gasteiger charge is -2.37. The fraction of sp³-hybridized carbons (Fsp3) is 0.909. The topological polar surface area (TPSA) is 90.9 Å². The SMILES string of the molecule is CCCCCCCCCCCC(CC1OC(=O)C1CCCCCC)OC(=O)[C@H](CC(C)C)NC(=O)OC(C)(C)C. The van der Waals surface area contributed by atoms with Gasteiger partial charge in [0, 0.05) is 6.42 Å². The third-order valence-electron chi connectivity index (χ3n) is 7.48. The molecule has 40 heavy (non-hydrogen) atoms. The van der Waals surface area contributed by atoms with Gasteiger partial charge in [-0.25, -0.2) is 9.59 Å². The van der Waals surface area contributed by atoms with Crippen LogP contribution in [0.4, 0.5) is 4.79 Å². The molecule has 1 aliphatic rings. The Bertz CT molecular complexity index is 716. The molecule has 0 radical (unpaired) electrons. The number of hydrogen-bond acceptors (Lipinski definition) is 6. The number of carbonyl (C=O) groups excluding carboxylic acids is 3. The van der Waals surface area contributed by atoms with Gasteiger partial charge in [-0.05, 0) is 52.4 Å². The third kappa shape index (κ3) is 16.5. The van der Waals surface area contributed by atoms with Crippen LogP contribution in [0.3, 0.4) is 0 Å². The maximum Gasteiger partial charge on any atom is 0.408 e. The van der Waals surface area contributed by atoms with Crippen LogP contribution in [0.5, 0.6) is 0 Å². The van der Waals surface area contributed by atoms with E-state index in [1.165, 1.54) is 51.4 Å². The van der Waals surface area contributed by atoms with Crippen LogP contribution in [0.2, 0.25) is 0 Å². The van der Waals surface area contributed by atoms with E-state index < -0.39 is 23.7 Å². The summed E-state index contributed by atoms with van der Waals surface area (Å²) in [7, 11) is 0. The summed E-state index contributed by atoms with van der Waals surface area (Å²) in [5, 5.41) is 2.73. The molecule has 1 amide bonds. The maximum absolute atomic E-state index is 13.3. The molecule has 0 spiro atoms. The molecule has 0 aromatic heterocycles. The Hall–Kier alpha value is -1.79. The Labute approximate surface area is 245 Å². The highest BCUT2D eigenvalue weighted by atomic mass is 16.6. The molecule has 1 fully saturated rings. The fourth-order valence-corrected chi connectivity index (χ4v) is 5.25. The molecule has 234 valence electrons. The van der Waals surface area contributed by atoms with E-state index in [9.17, 15) is 14.4 Å². The quantitative estimate of drug-likeness (QED) is 0.0799. The number of ether oxygens (including phenoxy) is 3. The van der Waals surface area contributed by atoms with Gasteiger partial charge in [0.2, 0.25) is 0 Å². The van der Waals surface area contributed by atoms with Gasteiger partial charge in [-0.2, -0.15) is 0 Å². The second kappa shape index (κ2) is 20.1. The monoisotopic (exact) mass is 567 g/mol. The minimum absolute atomic E-state index is 0.104. The van der Waals surface area contributed by atoms with Gasteiger partial charge in [-0.3, -0.25) is 4.79 Å². The lowest BCUT2D eigenvalue weighted by atomic mass is 9.86. The Kier molecular flexibility index (Phi) is 18.3. The Balaban J connectivity index is 2.75. The van der Waals surface area contributed by atoms with Crippen molar-refractivity contribution >= 4 is 18.0 Å². The zero-order chi connectivity index (χ0) is 30.0. The summed E-state index contributed by atoms with van der Waals surface area (Å²) < 4.78 is 17.0. The predicted octanol–water partition coefficient (Wildman–Crippen LogP) is 8.66. The van der Waals surface area contributed by atoms with Gasteiger partial charge >= 0.3 is 18.0 Å². The number of amides is 1. The zero-order valence-electron chi connectivity index (χ0n) is 26.9. The molecule has 0 aromatic carbocycles. The van der Waals surface area contributed by atoms with Gasteiger partial charge in [0.25, 0.3) is 0 Å². The molecule has 0 bridgehead atoms. The van der Waals surface area contributed by atoms with Crippen molar-refractivity contribution in [2.45, 2.75) is 181 Å². The molecule has 0 aromatic rings. The van der Waals surface area contributed by atoms with Crippen LogP contribution in [0, 0.1) is 11.8 Å². The molecule has 1 rings (SSSR count). The third-order valence-corrected chi connectivity index (χ3v) is 7.48. The molecular formula is C33H61NO6. The van der Waals surface area contributed by atoms with E-state index in [0.717, 1.165) is 44.9 Å². The molecule has 1 N–H and O–H groups in total. The van der Waals surface area contributed by atoms with Crippen molar-refractivity contribution in [3.05, 3.63) is 0 Å². The molecule has 1 saturated heterocycles. The summed E-state index contributed by atoms with van der Waals surface area (Å²) in [4.78, 5) is 38.0. The van der Waals surface area contributed by atoms with E-state index >= 15 is 0 Å². The van der Waals surface area contributed by atoms with Crippen LogP contribution in [-0.4, -0.2) is 41.9 Å². The minimum atomic E-state index is -0.783. The maximum atomic E-state index is 13.3. The molecule has 0 saturated carbocycles. The number of rotatable bonds is 22. The van der Waals surface area contributed by atoms with Crippen molar-refractivity contribution in [1.82, 2.24) is 5.32 Å². The lowest BCUT2D eigenvalue weighted by Crippen LogP contribution is -2.49. The van der Waals surface area contributed by atoms with Crippen LogP contribution < -0.4 is 5.32 Å². The predicted molar refractivity (Wildman–Crippen MR) is 161 cm³/mol. The van der Waals surface area contributed by atoms with E-state index in [0.29, 0.717) is 12.8 Å². The summed E-state index contributed by atoms with van der Waals surface area (Å²) in [6, 6.07) is -0.783. The van der Waals surface area contributed by atoms with Crippen molar-refractivity contribution in [3.8, 4) is 0 Å². The van der Waals surface area contributed by atoms with Gasteiger partial charge in [0.15, 0.2) is 0 Å². The number of carbonyl (C=O) groups is 3. The molecular weight excluding hydrogens is 506 g/mol. The summed E-state index contributed by atoms with van der Waals surface area (Å²) >= 11 is 0. The van der Waals surface area contributed by atoms with Crippen molar-refractivity contribution in [2.75, 3.05) is 0 Å². The standard InChI is InChI=1S/C33H61NO6/c1-8-10-12-14-15-16-17-18-19-21-26(24-29-27(30(35)39-29)22-20-13-11-9-2)38-31(36)28(23-25(3)4)34-32(37)40-33(5,6)7/h25-29H,8-24H2,1-7H3,(H,34,37)/t26?,27?,28-,29?/m0/s1. The van der Waals surface area contributed by atoms with Crippen LogP contribution in [0.1, 0.15) is 158 Å². The molecule has 3 unspecified atom stereocenters. The van der Waals surface area contributed by atoms with Gasteiger partial charge in [0.1, 0.15) is 23.9 Å². The average molecular weight is 568 g/mol. The van der Waals surface area contributed by atoms with Crippen LogP contribution in [-0.2, 0) is 23.8 Å². The number of alkyl carbamates (subject to hydrolysis) is 1. The molecule has 4 atom stereocenters. The van der Waals surface area contributed by atoms with Crippen molar-refractivity contribution in [3.63, 3.8) is 0 Å². The van der Waals surface area contributed by atoms with Crippen molar-refractivity contribution in [2.24, 2.45) is 11.8 Å². The van der Waals surface area contributed by atoms with E-state index in [2.05, 4.69) is 19.2 Å². The van der Waals surface area contributed by atoms with Crippen LogP contribution >= 0.6 is 0 Å². The number of cyclic esters (lactones) is 1. The second-order valence-corrected chi connectivity index (χ2v) is 13.2. The summed E-state index contributed by atoms with van der Waals surface area (Å²) in [6.07, 6.45) is 16.8. The summed E-state index contributed by atoms with van der Waals surface area (Å²) in [5.74, 6) is -0.486. The van der Waals surface area contributed by atoms with Gasteiger partial charge in [-0.15, -0.1) is 0 Å². The van der Waals surface area contributed by atoms with Gasteiger partial charge in [-0.1, -0.05) is 105 Å². The average Bonchev–Trinajstić information content (AvgIpc) is 2.85. The van der Waals surface area contributed by atoms with Crippen molar-refractivity contribution in [1.29, 1.82) is 0 Å². The highest BCUT2D eigenvalue weighted by Crippen LogP contribution is 2.33. The largest absolute Gasteiger partial charge is 0.461 e. The van der Waals surface area contributed by atoms with E-state index in [-0.39, 0.29) is 30.0 Å². The Morgan fingerprint density at radius 1 is 0.875 bits per heavy atom. The second-order valence-electron chi connectivity index (χ2n) is 13.2. The van der Waals surface area contributed by atoms with Crippen LogP contribution in [0.15, 0.2) is 0 Å². The zero-order valence-corrected chi connectivity index (χ0v) is 26.9. The summed E-state index contributed by atoms with van der Waals surface area (Å²) in [5.41, 5.74) is -0.658. The lowest BCUT2D eigenvalue weighted by molar-refractivity contribution is -0.190. The highest BCUT2D eigenvalue weighted by molar-refractivity contribution is 5.81. The van der Waals surface area contributed by atoms with Crippen LogP contribution in [0.25, 0.3) is 0 Å². The first-order chi connectivity index (χ1) is 19.0. The van der Waals surface area contributed by atoms with Gasteiger partial charge in [0.05, 0.1) is 5.92 Å². The molecule has 1 heterocycles.